The topological polar surface area (TPSA) is 57.5 Å². The summed E-state index contributed by atoms with van der Waals surface area (Å²) in [6.45, 7) is 5.45. The molecule has 1 aromatic heterocycles. The number of hydrogen-bond donors (Lipinski definition) is 2. The highest BCUT2D eigenvalue weighted by atomic mass is 16.3. The minimum atomic E-state index is -0.0711. The molecule has 2 rings (SSSR count). The molecule has 1 fully saturated rings. The van der Waals surface area contributed by atoms with Crippen molar-refractivity contribution in [3.05, 3.63) is 24.2 Å². The van der Waals surface area contributed by atoms with E-state index in [1.165, 1.54) is 6.42 Å². The van der Waals surface area contributed by atoms with Gasteiger partial charge < -0.3 is 15.1 Å². The van der Waals surface area contributed by atoms with Crippen LogP contribution in [0.15, 0.2) is 22.8 Å². The van der Waals surface area contributed by atoms with Gasteiger partial charge in [0.15, 0.2) is 0 Å². The van der Waals surface area contributed by atoms with Crippen molar-refractivity contribution in [1.82, 2.24) is 15.5 Å². The third-order valence-corrected chi connectivity index (χ3v) is 3.58. The van der Waals surface area contributed by atoms with Crippen LogP contribution in [0, 0.1) is 5.92 Å². The molecule has 2 N–H and O–H groups in total. The second-order valence-corrected chi connectivity index (χ2v) is 5.25. The molecule has 5 nitrogen and oxygen atoms in total. The zero-order valence-electron chi connectivity index (χ0n) is 11.7. The number of rotatable bonds is 6. The Hall–Kier alpha value is -1.33. The highest BCUT2D eigenvalue weighted by molar-refractivity contribution is 5.78. The Morgan fingerprint density at radius 1 is 1.63 bits per heavy atom. The number of furan rings is 1. The Balaban J connectivity index is 1.73. The Morgan fingerprint density at radius 2 is 2.47 bits per heavy atom. The second-order valence-electron chi connectivity index (χ2n) is 5.25. The molecule has 2 atom stereocenters. The number of carbonyl (C=O) groups is 1. The molecule has 2 heterocycles. The lowest BCUT2D eigenvalue weighted by Gasteiger charge is -2.17. The highest BCUT2D eigenvalue weighted by Gasteiger charge is 2.24. The third-order valence-electron chi connectivity index (χ3n) is 3.58. The summed E-state index contributed by atoms with van der Waals surface area (Å²) < 4.78 is 5.28. The van der Waals surface area contributed by atoms with Gasteiger partial charge in [-0.3, -0.25) is 9.69 Å². The lowest BCUT2D eigenvalue weighted by Crippen LogP contribution is -2.37. The van der Waals surface area contributed by atoms with E-state index in [0.717, 1.165) is 25.4 Å². The van der Waals surface area contributed by atoms with Crippen LogP contribution in [0.1, 0.15) is 25.1 Å². The van der Waals surface area contributed by atoms with Crippen LogP contribution in [0.4, 0.5) is 0 Å². The van der Waals surface area contributed by atoms with Gasteiger partial charge in [0, 0.05) is 6.54 Å². The normalized spacial score (nSPS) is 21.5. The average molecular weight is 265 g/mol. The molecule has 1 aromatic rings. The summed E-state index contributed by atoms with van der Waals surface area (Å²) >= 11 is 0. The molecule has 0 bridgehead atoms. The predicted molar refractivity (Wildman–Crippen MR) is 73.7 cm³/mol. The Labute approximate surface area is 114 Å². The van der Waals surface area contributed by atoms with Crippen LogP contribution < -0.4 is 10.6 Å². The number of nitrogens with zero attached hydrogens (tertiary/aromatic N) is 1. The summed E-state index contributed by atoms with van der Waals surface area (Å²) in [5.74, 6) is 1.53. The summed E-state index contributed by atoms with van der Waals surface area (Å²) in [6.07, 6.45) is 2.79. The maximum atomic E-state index is 12.0. The quantitative estimate of drug-likeness (QED) is 0.805. The number of nitrogens with one attached hydrogen (secondary N) is 2. The molecule has 1 aliphatic heterocycles. The summed E-state index contributed by atoms with van der Waals surface area (Å²) in [5.41, 5.74) is 0. The van der Waals surface area contributed by atoms with Gasteiger partial charge in [0.25, 0.3) is 0 Å². The van der Waals surface area contributed by atoms with Crippen molar-refractivity contribution in [3.8, 4) is 0 Å². The van der Waals surface area contributed by atoms with Gasteiger partial charge in [-0.2, -0.15) is 0 Å². The van der Waals surface area contributed by atoms with E-state index in [1.807, 2.05) is 26.1 Å². The minimum absolute atomic E-state index is 0.0639. The summed E-state index contributed by atoms with van der Waals surface area (Å²) in [4.78, 5) is 14.2. The summed E-state index contributed by atoms with van der Waals surface area (Å²) in [7, 11) is 1.97. The van der Waals surface area contributed by atoms with Gasteiger partial charge in [-0.25, -0.2) is 0 Å². The smallest absolute Gasteiger partial charge is 0.234 e. The first-order chi connectivity index (χ1) is 9.19. The molecular formula is C14H23N3O2. The second kappa shape index (κ2) is 6.73. The molecule has 1 amide bonds. The SMILES string of the molecule is CNCC1CCN(CC(=O)NC(C)c2ccco2)C1. The van der Waals surface area contributed by atoms with Crippen LogP contribution in [0.25, 0.3) is 0 Å². The van der Waals surface area contributed by atoms with Crippen LogP contribution in [0.3, 0.4) is 0 Å². The molecule has 106 valence electrons. The summed E-state index contributed by atoms with van der Waals surface area (Å²) in [5, 5.41) is 6.16. The van der Waals surface area contributed by atoms with Gasteiger partial charge in [0.2, 0.25) is 5.91 Å². The largest absolute Gasteiger partial charge is 0.467 e. The molecule has 0 spiro atoms. The van der Waals surface area contributed by atoms with Gasteiger partial charge in [-0.15, -0.1) is 0 Å². The minimum Gasteiger partial charge on any atom is -0.467 e. The van der Waals surface area contributed by atoms with Gasteiger partial charge in [-0.05, 0) is 51.5 Å². The van der Waals surface area contributed by atoms with Gasteiger partial charge in [0.1, 0.15) is 5.76 Å². The van der Waals surface area contributed by atoms with E-state index >= 15 is 0 Å². The summed E-state index contributed by atoms with van der Waals surface area (Å²) in [6, 6.07) is 3.64. The van der Waals surface area contributed by atoms with Crippen LogP contribution in [0.5, 0.6) is 0 Å². The van der Waals surface area contributed by atoms with E-state index < -0.39 is 0 Å². The van der Waals surface area contributed by atoms with Crippen molar-refractivity contribution < 1.29 is 9.21 Å². The predicted octanol–water partition coefficient (Wildman–Crippen LogP) is 0.998. The first-order valence-electron chi connectivity index (χ1n) is 6.88. The monoisotopic (exact) mass is 265 g/mol. The molecule has 19 heavy (non-hydrogen) atoms. The van der Waals surface area contributed by atoms with Crippen molar-refractivity contribution in [2.24, 2.45) is 5.92 Å². The van der Waals surface area contributed by atoms with Gasteiger partial charge in [0.05, 0.1) is 18.8 Å². The van der Waals surface area contributed by atoms with Crippen molar-refractivity contribution in [1.29, 1.82) is 0 Å². The van der Waals surface area contributed by atoms with Crippen molar-refractivity contribution in [2.45, 2.75) is 19.4 Å². The van der Waals surface area contributed by atoms with E-state index in [1.54, 1.807) is 6.26 Å². The van der Waals surface area contributed by atoms with E-state index in [0.29, 0.717) is 12.5 Å². The fraction of sp³-hybridized carbons (Fsp3) is 0.643. The van der Waals surface area contributed by atoms with Crippen molar-refractivity contribution in [2.75, 3.05) is 33.2 Å². The number of carbonyl (C=O) groups excluding carboxylic acids is 1. The van der Waals surface area contributed by atoms with Crippen LogP contribution in [0.2, 0.25) is 0 Å². The first kappa shape index (κ1) is 14.1. The number of hydrogen-bond acceptors (Lipinski definition) is 4. The number of likely N-dealkylation sites (tertiary alicyclic amines) is 1. The van der Waals surface area contributed by atoms with Crippen LogP contribution >= 0.6 is 0 Å². The molecule has 0 aliphatic carbocycles. The van der Waals surface area contributed by atoms with E-state index in [-0.39, 0.29) is 11.9 Å². The zero-order chi connectivity index (χ0) is 13.7. The molecule has 5 heteroatoms. The maximum absolute atomic E-state index is 12.0. The average Bonchev–Trinajstić information content (AvgIpc) is 3.00. The Bertz CT molecular complexity index is 391. The fourth-order valence-corrected chi connectivity index (χ4v) is 2.61. The molecule has 0 saturated carbocycles. The molecule has 0 radical (unpaired) electrons. The Kier molecular flexibility index (Phi) is 4.99. The van der Waals surface area contributed by atoms with Gasteiger partial charge >= 0.3 is 0 Å². The lowest BCUT2D eigenvalue weighted by atomic mass is 10.1. The van der Waals surface area contributed by atoms with Crippen LogP contribution in [-0.2, 0) is 4.79 Å². The molecular weight excluding hydrogens is 242 g/mol. The molecule has 0 aromatic carbocycles. The Morgan fingerprint density at radius 3 is 3.16 bits per heavy atom. The molecule has 2 unspecified atom stereocenters. The third kappa shape index (κ3) is 4.08. The van der Waals surface area contributed by atoms with Crippen LogP contribution in [-0.4, -0.2) is 44.0 Å². The number of amides is 1. The lowest BCUT2D eigenvalue weighted by molar-refractivity contribution is -0.122. The first-order valence-corrected chi connectivity index (χ1v) is 6.88. The zero-order valence-corrected chi connectivity index (χ0v) is 11.7. The van der Waals surface area contributed by atoms with E-state index in [9.17, 15) is 4.79 Å². The van der Waals surface area contributed by atoms with Gasteiger partial charge in [-0.1, -0.05) is 0 Å². The van der Waals surface area contributed by atoms with Crippen molar-refractivity contribution >= 4 is 5.91 Å². The van der Waals surface area contributed by atoms with Crippen molar-refractivity contribution in [3.63, 3.8) is 0 Å². The fourth-order valence-electron chi connectivity index (χ4n) is 2.61. The highest BCUT2D eigenvalue weighted by Crippen LogP contribution is 2.15. The molecule has 1 aliphatic rings. The molecule has 1 saturated heterocycles. The standard InChI is InChI=1S/C14H23N3O2/c1-11(13-4-3-7-19-13)16-14(18)10-17-6-5-12(9-17)8-15-2/h3-4,7,11-12,15H,5-6,8-10H2,1-2H3,(H,16,18). The maximum Gasteiger partial charge on any atom is 0.234 e. The van der Waals surface area contributed by atoms with E-state index in [4.69, 9.17) is 4.42 Å². The van der Waals surface area contributed by atoms with E-state index in [2.05, 4.69) is 15.5 Å².